The average Bonchev–Trinajstić information content (AvgIpc) is 2.58. The lowest BCUT2D eigenvalue weighted by Crippen LogP contribution is -2.22. The van der Waals surface area contributed by atoms with Gasteiger partial charge in [-0.2, -0.15) is 0 Å². The average molecular weight is 305 g/mol. The van der Waals surface area contributed by atoms with E-state index in [-0.39, 0.29) is 23.6 Å². The van der Waals surface area contributed by atoms with Gasteiger partial charge in [0.1, 0.15) is 11.5 Å². The van der Waals surface area contributed by atoms with Crippen LogP contribution in [0.5, 0.6) is 0 Å². The fourth-order valence-electron chi connectivity index (χ4n) is 2.20. The Labute approximate surface area is 133 Å². The van der Waals surface area contributed by atoms with Crippen molar-refractivity contribution < 1.29 is 4.79 Å². The van der Waals surface area contributed by atoms with Crippen LogP contribution in [0.25, 0.3) is 11.4 Å². The van der Waals surface area contributed by atoms with Crippen LogP contribution in [0.15, 0.2) is 71.7 Å². The summed E-state index contributed by atoms with van der Waals surface area (Å²) in [4.78, 5) is 31.0. The standard InChI is InChI=1S/C18H15N3O2/c22-16(11-13-7-3-1-4-8-13)20-15-12-19-17(21-18(15)23)14-9-5-2-6-10-14/h1-10,12H,11H2,(H,20,22)(H,19,21,23). The smallest absolute Gasteiger partial charge is 0.274 e. The van der Waals surface area contributed by atoms with Gasteiger partial charge in [-0.15, -0.1) is 0 Å². The first-order chi connectivity index (χ1) is 11.2. The van der Waals surface area contributed by atoms with Gasteiger partial charge in [0.05, 0.1) is 12.6 Å². The van der Waals surface area contributed by atoms with E-state index >= 15 is 0 Å². The van der Waals surface area contributed by atoms with Crippen LogP contribution < -0.4 is 10.9 Å². The lowest BCUT2D eigenvalue weighted by Gasteiger charge is -2.06. The molecule has 0 radical (unpaired) electrons. The number of hydrogen-bond acceptors (Lipinski definition) is 3. The van der Waals surface area contributed by atoms with E-state index in [0.717, 1.165) is 11.1 Å². The molecule has 1 amide bonds. The van der Waals surface area contributed by atoms with Crippen molar-refractivity contribution in [1.82, 2.24) is 9.97 Å². The number of aromatic nitrogens is 2. The highest BCUT2D eigenvalue weighted by Crippen LogP contribution is 2.12. The first-order valence-electron chi connectivity index (χ1n) is 7.21. The van der Waals surface area contributed by atoms with Gasteiger partial charge in [-0.3, -0.25) is 9.59 Å². The Morgan fingerprint density at radius 2 is 1.65 bits per heavy atom. The highest BCUT2D eigenvalue weighted by molar-refractivity contribution is 5.91. The second kappa shape index (κ2) is 6.70. The monoisotopic (exact) mass is 305 g/mol. The number of carbonyl (C=O) groups excluding carboxylic acids is 1. The lowest BCUT2D eigenvalue weighted by atomic mass is 10.1. The van der Waals surface area contributed by atoms with Crippen molar-refractivity contribution in [3.05, 3.63) is 82.8 Å². The van der Waals surface area contributed by atoms with E-state index in [0.29, 0.717) is 5.82 Å². The van der Waals surface area contributed by atoms with Crippen LogP contribution in [0.4, 0.5) is 5.69 Å². The van der Waals surface area contributed by atoms with Crippen LogP contribution in [0.2, 0.25) is 0 Å². The molecule has 5 heteroatoms. The summed E-state index contributed by atoms with van der Waals surface area (Å²) in [5.41, 5.74) is 1.47. The predicted molar refractivity (Wildman–Crippen MR) is 89.1 cm³/mol. The fraction of sp³-hybridized carbons (Fsp3) is 0.0556. The van der Waals surface area contributed by atoms with Crippen LogP contribution >= 0.6 is 0 Å². The van der Waals surface area contributed by atoms with Crippen molar-refractivity contribution >= 4 is 11.6 Å². The predicted octanol–water partition coefficient (Wildman–Crippen LogP) is 2.62. The molecule has 0 saturated carbocycles. The number of carbonyl (C=O) groups is 1. The van der Waals surface area contributed by atoms with E-state index in [1.54, 1.807) is 0 Å². The third-order valence-electron chi connectivity index (χ3n) is 3.33. The number of rotatable bonds is 4. The largest absolute Gasteiger partial charge is 0.320 e. The molecule has 3 rings (SSSR count). The van der Waals surface area contributed by atoms with E-state index in [4.69, 9.17) is 0 Å². The molecule has 0 fully saturated rings. The Kier molecular flexibility index (Phi) is 4.29. The van der Waals surface area contributed by atoms with E-state index in [1.165, 1.54) is 6.20 Å². The Morgan fingerprint density at radius 1 is 1.00 bits per heavy atom. The van der Waals surface area contributed by atoms with Crippen LogP contribution in [-0.4, -0.2) is 15.9 Å². The number of anilines is 1. The molecule has 0 saturated heterocycles. The van der Waals surface area contributed by atoms with Crippen LogP contribution in [0.3, 0.4) is 0 Å². The third-order valence-corrected chi connectivity index (χ3v) is 3.33. The number of nitrogens with one attached hydrogen (secondary N) is 2. The van der Waals surface area contributed by atoms with Gasteiger partial charge in [0.15, 0.2) is 0 Å². The first-order valence-corrected chi connectivity index (χ1v) is 7.21. The quantitative estimate of drug-likeness (QED) is 0.778. The minimum Gasteiger partial charge on any atom is -0.320 e. The maximum Gasteiger partial charge on any atom is 0.274 e. The molecule has 0 bridgehead atoms. The topological polar surface area (TPSA) is 74.8 Å². The minimum atomic E-state index is -0.375. The summed E-state index contributed by atoms with van der Waals surface area (Å²) >= 11 is 0. The van der Waals surface area contributed by atoms with Crippen molar-refractivity contribution in [3.8, 4) is 11.4 Å². The van der Waals surface area contributed by atoms with Crippen molar-refractivity contribution in [3.63, 3.8) is 0 Å². The molecule has 0 atom stereocenters. The summed E-state index contributed by atoms with van der Waals surface area (Å²) in [5.74, 6) is 0.215. The maximum atomic E-state index is 12.1. The minimum absolute atomic E-state index is 0.144. The van der Waals surface area contributed by atoms with Crippen LogP contribution in [0, 0.1) is 0 Å². The van der Waals surface area contributed by atoms with Gasteiger partial charge in [-0.1, -0.05) is 60.7 Å². The molecular formula is C18H15N3O2. The van der Waals surface area contributed by atoms with E-state index in [2.05, 4.69) is 15.3 Å². The summed E-state index contributed by atoms with van der Waals surface area (Å²) in [6.45, 7) is 0. The molecular weight excluding hydrogens is 290 g/mol. The molecule has 3 aromatic rings. The zero-order valence-corrected chi connectivity index (χ0v) is 12.3. The highest BCUT2D eigenvalue weighted by atomic mass is 16.2. The normalized spacial score (nSPS) is 10.3. The third kappa shape index (κ3) is 3.71. The molecule has 1 aromatic heterocycles. The summed E-state index contributed by atoms with van der Waals surface area (Å²) in [6.07, 6.45) is 1.59. The number of aromatic amines is 1. The Morgan fingerprint density at radius 3 is 2.30 bits per heavy atom. The van der Waals surface area contributed by atoms with Gasteiger partial charge >= 0.3 is 0 Å². The molecule has 1 heterocycles. The van der Waals surface area contributed by atoms with Crippen molar-refractivity contribution in [2.75, 3.05) is 5.32 Å². The van der Waals surface area contributed by atoms with Crippen LogP contribution in [0.1, 0.15) is 5.56 Å². The van der Waals surface area contributed by atoms with Crippen molar-refractivity contribution in [2.24, 2.45) is 0 Å². The lowest BCUT2D eigenvalue weighted by molar-refractivity contribution is -0.115. The SMILES string of the molecule is O=C(Cc1ccccc1)Nc1cnc(-c2ccccc2)[nH]c1=O. The molecule has 114 valence electrons. The van der Waals surface area contributed by atoms with Gasteiger partial charge in [-0.25, -0.2) is 4.98 Å². The zero-order chi connectivity index (χ0) is 16.1. The molecule has 5 nitrogen and oxygen atoms in total. The molecule has 2 N–H and O–H groups in total. The van der Waals surface area contributed by atoms with Gasteiger partial charge in [-0.05, 0) is 5.56 Å². The van der Waals surface area contributed by atoms with Gasteiger partial charge in [0.25, 0.3) is 5.56 Å². The van der Waals surface area contributed by atoms with E-state index in [9.17, 15) is 9.59 Å². The molecule has 0 aliphatic heterocycles. The van der Waals surface area contributed by atoms with Gasteiger partial charge in [0, 0.05) is 5.56 Å². The van der Waals surface area contributed by atoms with Gasteiger partial charge < -0.3 is 10.3 Å². The maximum absolute atomic E-state index is 12.1. The summed E-state index contributed by atoms with van der Waals surface area (Å²) < 4.78 is 0. The molecule has 0 spiro atoms. The first kappa shape index (κ1) is 14.7. The van der Waals surface area contributed by atoms with Gasteiger partial charge in [0.2, 0.25) is 5.91 Å². The highest BCUT2D eigenvalue weighted by Gasteiger charge is 2.08. The summed E-state index contributed by atoms with van der Waals surface area (Å²) in [6, 6.07) is 18.7. The Balaban J connectivity index is 1.74. The second-order valence-electron chi connectivity index (χ2n) is 5.05. The second-order valence-corrected chi connectivity index (χ2v) is 5.05. The Bertz CT molecular complexity index is 858. The number of hydrogen-bond donors (Lipinski definition) is 2. The number of amides is 1. The molecule has 0 aliphatic rings. The molecule has 2 aromatic carbocycles. The van der Waals surface area contributed by atoms with E-state index in [1.807, 2.05) is 60.7 Å². The molecule has 0 unspecified atom stereocenters. The fourth-order valence-corrected chi connectivity index (χ4v) is 2.20. The number of benzene rings is 2. The number of nitrogens with zero attached hydrogens (tertiary/aromatic N) is 1. The van der Waals surface area contributed by atoms with Crippen molar-refractivity contribution in [2.45, 2.75) is 6.42 Å². The zero-order valence-electron chi connectivity index (χ0n) is 12.3. The molecule has 23 heavy (non-hydrogen) atoms. The van der Waals surface area contributed by atoms with Crippen molar-refractivity contribution in [1.29, 1.82) is 0 Å². The van der Waals surface area contributed by atoms with E-state index < -0.39 is 0 Å². The Hall–Kier alpha value is -3.21. The van der Waals surface area contributed by atoms with Crippen LogP contribution in [-0.2, 0) is 11.2 Å². The molecule has 0 aliphatic carbocycles. The number of H-pyrrole nitrogens is 1. The summed E-state index contributed by atoms with van der Waals surface area (Å²) in [5, 5.41) is 2.59. The summed E-state index contributed by atoms with van der Waals surface area (Å²) in [7, 11) is 0.